The molecule has 0 amide bonds. The van der Waals surface area contributed by atoms with Gasteiger partial charge in [-0.3, -0.25) is 0 Å². The smallest absolute Gasteiger partial charge is 0.308 e. The molecule has 0 aliphatic heterocycles. The fraction of sp³-hybridized carbons (Fsp3) is 0.0370. The molecule has 0 saturated heterocycles. The van der Waals surface area contributed by atoms with Crippen LogP contribution in [0.3, 0.4) is 0 Å². The third kappa shape index (κ3) is 7.31. The molecule has 0 fully saturated rings. The van der Waals surface area contributed by atoms with Gasteiger partial charge in [-0.2, -0.15) is 26.3 Å². The average Bonchev–Trinajstić information content (AvgIpc) is 3.64. The van der Waals surface area contributed by atoms with Gasteiger partial charge in [0.1, 0.15) is 0 Å². The zero-order valence-electron chi connectivity index (χ0n) is 33.2. The van der Waals surface area contributed by atoms with Crippen molar-refractivity contribution < 1.29 is 26.3 Å². The van der Waals surface area contributed by atoms with Gasteiger partial charge < -0.3 is 4.57 Å². The third-order valence-corrected chi connectivity index (χ3v) is 11.3. The summed E-state index contributed by atoms with van der Waals surface area (Å²) < 4.78 is 93.5. The largest absolute Gasteiger partial charge is 0.417 e. The van der Waals surface area contributed by atoms with Crippen LogP contribution in [0.4, 0.5) is 26.3 Å². The fourth-order valence-electron chi connectivity index (χ4n) is 8.46. The average molecular weight is 838 g/mol. The molecule has 10 aromatic rings. The van der Waals surface area contributed by atoms with Crippen molar-refractivity contribution >= 4 is 21.8 Å². The Labute approximate surface area is 358 Å². The van der Waals surface area contributed by atoms with E-state index in [0.717, 1.165) is 45.2 Å². The van der Waals surface area contributed by atoms with Gasteiger partial charge in [-0.05, 0) is 70.8 Å². The van der Waals surface area contributed by atoms with Gasteiger partial charge in [0.15, 0.2) is 5.82 Å². The van der Waals surface area contributed by atoms with Crippen molar-refractivity contribution in [3.63, 3.8) is 0 Å². The maximum absolute atomic E-state index is 15.3. The Bertz CT molecular complexity index is 3170. The fourth-order valence-corrected chi connectivity index (χ4v) is 8.46. The summed E-state index contributed by atoms with van der Waals surface area (Å²) in [5, 5.41) is 1.54. The molecule has 3 nitrogen and oxygen atoms in total. The number of benzene rings is 8. The SMILES string of the molecule is FC(F)(F)c1ccccc1-c1cc(-c2nc(-c3ccccc3)cc(-c3ccccc3)n2)cc(-c2ccccc2C(F)(F)F)c1-n1c2ccccc2c2cc(-c3ccccc3)ccc21. The van der Waals surface area contributed by atoms with E-state index in [-0.39, 0.29) is 39.3 Å². The van der Waals surface area contributed by atoms with E-state index < -0.39 is 23.5 Å². The zero-order valence-corrected chi connectivity index (χ0v) is 33.2. The molecule has 0 N–H and O–H groups in total. The minimum Gasteiger partial charge on any atom is -0.308 e. The first-order valence-electron chi connectivity index (χ1n) is 20.1. The van der Waals surface area contributed by atoms with Gasteiger partial charge in [0, 0.05) is 38.6 Å². The van der Waals surface area contributed by atoms with Crippen LogP contribution in [0.2, 0.25) is 0 Å². The van der Waals surface area contributed by atoms with Crippen LogP contribution in [0.1, 0.15) is 11.1 Å². The molecule has 2 heterocycles. The van der Waals surface area contributed by atoms with E-state index in [2.05, 4.69) is 0 Å². The van der Waals surface area contributed by atoms with Crippen molar-refractivity contribution in [1.82, 2.24) is 14.5 Å². The molecule has 8 aromatic carbocycles. The topological polar surface area (TPSA) is 30.7 Å². The van der Waals surface area contributed by atoms with Crippen LogP contribution in [-0.4, -0.2) is 14.5 Å². The molecule has 0 aliphatic carbocycles. The van der Waals surface area contributed by atoms with Crippen LogP contribution in [-0.2, 0) is 12.4 Å². The van der Waals surface area contributed by atoms with Gasteiger partial charge in [0.2, 0.25) is 0 Å². The van der Waals surface area contributed by atoms with Crippen molar-refractivity contribution in [3.05, 3.63) is 211 Å². The zero-order chi connectivity index (χ0) is 43.3. The summed E-state index contributed by atoms with van der Waals surface area (Å²) in [6.07, 6.45) is -9.66. The minimum atomic E-state index is -4.83. The first kappa shape index (κ1) is 39.4. The van der Waals surface area contributed by atoms with E-state index in [4.69, 9.17) is 9.97 Å². The van der Waals surface area contributed by atoms with Crippen molar-refractivity contribution in [2.45, 2.75) is 12.4 Å². The number of halogens is 6. The maximum Gasteiger partial charge on any atom is 0.417 e. The van der Waals surface area contributed by atoms with Crippen molar-refractivity contribution in [2.24, 2.45) is 0 Å². The molecule has 0 atom stereocenters. The normalized spacial score (nSPS) is 12.0. The number of hydrogen-bond donors (Lipinski definition) is 0. The number of para-hydroxylation sites is 1. The monoisotopic (exact) mass is 837 g/mol. The molecule has 2 aromatic heterocycles. The molecule has 0 saturated carbocycles. The van der Waals surface area contributed by atoms with Crippen LogP contribution in [0, 0.1) is 0 Å². The highest BCUT2D eigenvalue weighted by Crippen LogP contribution is 2.49. The van der Waals surface area contributed by atoms with Crippen LogP contribution in [0.5, 0.6) is 0 Å². The van der Waals surface area contributed by atoms with Crippen molar-refractivity contribution in [3.8, 4) is 73.0 Å². The Hall–Kier alpha value is -7.78. The minimum absolute atomic E-state index is 0.0390. The highest BCUT2D eigenvalue weighted by Gasteiger charge is 2.37. The van der Waals surface area contributed by atoms with E-state index >= 15 is 26.3 Å². The molecule has 0 spiro atoms. The van der Waals surface area contributed by atoms with Crippen LogP contribution in [0.25, 0.3) is 94.8 Å². The number of rotatable bonds is 7. The molecular formula is C54H33F6N3. The summed E-state index contributed by atoms with van der Waals surface area (Å²) in [5.74, 6) is 0.118. The summed E-state index contributed by atoms with van der Waals surface area (Å²) >= 11 is 0. The van der Waals surface area contributed by atoms with Gasteiger partial charge in [-0.25, -0.2) is 9.97 Å². The van der Waals surface area contributed by atoms with Crippen LogP contribution >= 0.6 is 0 Å². The lowest BCUT2D eigenvalue weighted by Gasteiger charge is -2.24. The number of fused-ring (bicyclic) bond motifs is 3. The van der Waals surface area contributed by atoms with Gasteiger partial charge in [0.05, 0.1) is 39.2 Å². The number of alkyl halides is 6. The Kier molecular flexibility index (Phi) is 9.75. The van der Waals surface area contributed by atoms with Gasteiger partial charge in [-0.15, -0.1) is 0 Å². The second-order valence-corrected chi connectivity index (χ2v) is 15.2. The summed E-state index contributed by atoms with van der Waals surface area (Å²) in [6, 6.07) is 57.0. The van der Waals surface area contributed by atoms with E-state index in [1.165, 1.54) is 36.4 Å². The van der Waals surface area contributed by atoms with Gasteiger partial charge in [-0.1, -0.05) is 152 Å². The highest BCUT2D eigenvalue weighted by molar-refractivity contribution is 6.12. The predicted octanol–water partition coefficient (Wildman–Crippen LogP) is 15.6. The molecule has 0 unspecified atom stereocenters. The van der Waals surface area contributed by atoms with Gasteiger partial charge in [0.25, 0.3) is 0 Å². The first-order valence-corrected chi connectivity index (χ1v) is 20.1. The number of nitrogens with zero attached hydrogens (tertiary/aromatic N) is 3. The lowest BCUT2D eigenvalue weighted by atomic mass is 9.88. The molecule has 0 aliphatic rings. The summed E-state index contributed by atoms with van der Waals surface area (Å²) in [7, 11) is 0. The molecule has 0 radical (unpaired) electrons. The van der Waals surface area contributed by atoms with E-state index in [9.17, 15) is 0 Å². The Morgan fingerprint density at radius 3 is 1.30 bits per heavy atom. The van der Waals surface area contributed by atoms with Crippen LogP contribution in [0.15, 0.2) is 200 Å². The Balaban J connectivity index is 1.38. The molecule has 306 valence electrons. The second kappa shape index (κ2) is 15.6. The number of aromatic nitrogens is 3. The molecular weight excluding hydrogens is 805 g/mol. The van der Waals surface area contributed by atoms with Gasteiger partial charge >= 0.3 is 12.4 Å². The maximum atomic E-state index is 15.3. The Morgan fingerprint density at radius 1 is 0.333 bits per heavy atom. The Morgan fingerprint density at radius 2 is 0.778 bits per heavy atom. The summed E-state index contributed by atoms with van der Waals surface area (Å²) in [6.45, 7) is 0. The lowest BCUT2D eigenvalue weighted by molar-refractivity contribution is -0.137. The highest BCUT2D eigenvalue weighted by atomic mass is 19.4. The molecule has 0 bridgehead atoms. The molecule has 63 heavy (non-hydrogen) atoms. The number of hydrogen-bond acceptors (Lipinski definition) is 2. The molecule has 9 heteroatoms. The predicted molar refractivity (Wildman–Crippen MR) is 239 cm³/mol. The van der Waals surface area contributed by atoms with Crippen molar-refractivity contribution in [2.75, 3.05) is 0 Å². The van der Waals surface area contributed by atoms with E-state index in [1.54, 1.807) is 16.7 Å². The first-order chi connectivity index (χ1) is 30.5. The second-order valence-electron chi connectivity index (χ2n) is 15.2. The summed E-state index contributed by atoms with van der Waals surface area (Å²) in [4.78, 5) is 9.96. The van der Waals surface area contributed by atoms with E-state index in [0.29, 0.717) is 22.4 Å². The lowest BCUT2D eigenvalue weighted by Crippen LogP contribution is -2.11. The standard InChI is InChI=1S/C54H33F6N3/c55-53(56,57)45-25-13-10-22-39(45)43-31-38(52-61-47(35-18-6-2-7-19-35)33-48(62-52)36-20-8-3-9-21-36)32-44(40-23-11-14-26-46(40)54(58,59)60)51(43)63-49-27-15-12-24-41(49)42-30-37(28-29-50(42)63)34-16-4-1-5-17-34/h1-33H. The molecule has 10 rings (SSSR count). The third-order valence-electron chi connectivity index (χ3n) is 11.3. The summed E-state index contributed by atoms with van der Waals surface area (Å²) in [5.41, 5.74) is 3.67. The van der Waals surface area contributed by atoms with Crippen molar-refractivity contribution in [1.29, 1.82) is 0 Å². The quantitative estimate of drug-likeness (QED) is 0.150. The van der Waals surface area contributed by atoms with E-state index in [1.807, 2.05) is 140 Å². The van der Waals surface area contributed by atoms with Crippen LogP contribution < -0.4 is 0 Å².